The Bertz CT molecular complexity index is 839. The van der Waals surface area contributed by atoms with Crippen molar-refractivity contribution in [2.75, 3.05) is 0 Å². The van der Waals surface area contributed by atoms with E-state index >= 15 is 0 Å². The molecule has 3 rings (SSSR count). The molecular formula is C19H17N3O2. The van der Waals surface area contributed by atoms with Gasteiger partial charge in [-0.15, -0.1) is 10.2 Å². The van der Waals surface area contributed by atoms with Crippen LogP contribution in [0, 0.1) is 0 Å². The maximum absolute atomic E-state index is 12.1. The van der Waals surface area contributed by atoms with E-state index in [1.807, 2.05) is 66.7 Å². The van der Waals surface area contributed by atoms with Gasteiger partial charge in [-0.05, 0) is 30.7 Å². The lowest BCUT2D eigenvalue weighted by molar-refractivity contribution is -0.117. The van der Waals surface area contributed by atoms with Crippen molar-refractivity contribution >= 4 is 12.0 Å². The van der Waals surface area contributed by atoms with Gasteiger partial charge in [-0.2, -0.15) is 0 Å². The van der Waals surface area contributed by atoms with Gasteiger partial charge in [0.25, 0.3) is 0 Å². The van der Waals surface area contributed by atoms with Crippen LogP contribution in [-0.2, 0) is 11.3 Å². The van der Waals surface area contributed by atoms with Crippen LogP contribution in [0.25, 0.3) is 17.5 Å². The smallest absolute Gasteiger partial charge is 0.247 e. The fourth-order valence-electron chi connectivity index (χ4n) is 2.18. The molecule has 0 aliphatic heterocycles. The molecule has 3 aromatic rings. The molecule has 0 saturated carbocycles. The molecule has 1 heterocycles. The Balaban J connectivity index is 1.61. The molecule has 0 saturated heterocycles. The van der Waals surface area contributed by atoms with E-state index in [1.165, 1.54) is 0 Å². The predicted molar refractivity (Wildman–Crippen MR) is 91.7 cm³/mol. The van der Waals surface area contributed by atoms with Crippen molar-refractivity contribution in [3.05, 3.63) is 77.7 Å². The molecule has 0 fully saturated rings. The van der Waals surface area contributed by atoms with E-state index in [4.69, 9.17) is 4.42 Å². The topological polar surface area (TPSA) is 68.0 Å². The summed E-state index contributed by atoms with van der Waals surface area (Å²) < 4.78 is 5.56. The third-order valence-corrected chi connectivity index (χ3v) is 3.43. The van der Waals surface area contributed by atoms with Gasteiger partial charge in [-0.3, -0.25) is 4.79 Å². The van der Waals surface area contributed by atoms with Crippen molar-refractivity contribution in [1.82, 2.24) is 15.5 Å². The van der Waals surface area contributed by atoms with Crippen molar-refractivity contribution in [3.63, 3.8) is 0 Å². The van der Waals surface area contributed by atoms with Crippen molar-refractivity contribution in [2.24, 2.45) is 0 Å². The summed E-state index contributed by atoms with van der Waals surface area (Å²) in [5, 5.41) is 10.7. The van der Waals surface area contributed by atoms with Crippen LogP contribution in [-0.4, -0.2) is 16.1 Å². The number of carbonyl (C=O) groups excluding carboxylic acids is 1. The van der Waals surface area contributed by atoms with E-state index in [-0.39, 0.29) is 12.5 Å². The number of amides is 1. The molecule has 1 aromatic heterocycles. The highest BCUT2D eigenvalue weighted by molar-refractivity contribution is 5.97. The van der Waals surface area contributed by atoms with E-state index in [0.29, 0.717) is 17.4 Å². The summed E-state index contributed by atoms with van der Waals surface area (Å²) in [6, 6.07) is 19.2. The van der Waals surface area contributed by atoms with Gasteiger partial charge in [0.1, 0.15) is 0 Å². The highest BCUT2D eigenvalue weighted by Gasteiger charge is 2.10. The SMILES string of the molecule is C/C(=C\c1ccccc1)C(=O)NCc1nnc(-c2ccccc2)o1. The van der Waals surface area contributed by atoms with Gasteiger partial charge in [-0.25, -0.2) is 0 Å². The molecule has 24 heavy (non-hydrogen) atoms. The second kappa shape index (κ2) is 7.37. The summed E-state index contributed by atoms with van der Waals surface area (Å²) >= 11 is 0. The van der Waals surface area contributed by atoms with Crippen LogP contribution in [0.1, 0.15) is 18.4 Å². The van der Waals surface area contributed by atoms with E-state index in [2.05, 4.69) is 15.5 Å². The summed E-state index contributed by atoms with van der Waals surface area (Å²) in [4.78, 5) is 12.1. The van der Waals surface area contributed by atoms with Crippen LogP contribution in [0.5, 0.6) is 0 Å². The van der Waals surface area contributed by atoms with Crippen molar-refractivity contribution in [3.8, 4) is 11.5 Å². The van der Waals surface area contributed by atoms with Gasteiger partial charge in [0, 0.05) is 11.1 Å². The maximum atomic E-state index is 12.1. The quantitative estimate of drug-likeness (QED) is 0.731. The summed E-state index contributed by atoms with van der Waals surface area (Å²) in [6.07, 6.45) is 1.83. The minimum Gasteiger partial charge on any atom is -0.419 e. The van der Waals surface area contributed by atoms with E-state index in [1.54, 1.807) is 6.92 Å². The number of benzene rings is 2. The molecule has 0 spiro atoms. The molecule has 1 N–H and O–H groups in total. The lowest BCUT2D eigenvalue weighted by Gasteiger charge is -2.03. The minimum absolute atomic E-state index is 0.168. The van der Waals surface area contributed by atoms with Crippen LogP contribution in [0.15, 0.2) is 70.7 Å². The monoisotopic (exact) mass is 319 g/mol. The Kier molecular flexibility index (Phi) is 4.81. The summed E-state index contributed by atoms with van der Waals surface area (Å²) in [7, 11) is 0. The average molecular weight is 319 g/mol. The Morgan fingerprint density at radius 1 is 1.04 bits per heavy atom. The summed E-state index contributed by atoms with van der Waals surface area (Å²) in [6.45, 7) is 1.96. The van der Waals surface area contributed by atoms with Crippen molar-refractivity contribution in [1.29, 1.82) is 0 Å². The summed E-state index contributed by atoms with van der Waals surface area (Å²) in [5.41, 5.74) is 2.45. The van der Waals surface area contributed by atoms with Crippen molar-refractivity contribution in [2.45, 2.75) is 13.5 Å². The van der Waals surface area contributed by atoms with Gasteiger partial charge in [0.05, 0.1) is 6.54 Å². The lowest BCUT2D eigenvalue weighted by Crippen LogP contribution is -2.23. The highest BCUT2D eigenvalue weighted by atomic mass is 16.4. The molecule has 1 amide bonds. The Morgan fingerprint density at radius 3 is 2.42 bits per heavy atom. The number of aromatic nitrogens is 2. The second-order valence-electron chi connectivity index (χ2n) is 5.29. The fourth-order valence-corrected chi connectivity index (χ4v) is 2.18. The molecule has 0 atom stereocenters. The first-order valence-electron chi connectivity index (χ1n) is 7.62. The number of hydrogen-bond donors (Lipinski definition) is 1. The third kappa shape index (κ3) is 3.95. The molecule has 0 unspecified atom stereocenters. The molecular weight excluding hydrogens is 302 g/mol. The van der Waals surface area contributed by atoms with Crippen LogP contribution in [0.3, 0.4) is 0 Å². The van der Waals surface area contributed by atoms with Gasteiger partial charge in [-0.1, -0.05) is 48.5 Å². The normalized spacial score (nSPS) is 11.3. The molecule has 0 aliphatic carbocycles. The standard InChI is InChI=1S/C19H17N3O2/c1-14(12-15-8-4-2-5-9-15)18(23)20-13-17-21-22-19(24-17)16-10-6-3-7-11-16/h2-12H,13H2,1H3,(H,20,23)/b14-12+. The van der Waals surface area contributed by atoms with E-state index < -0.39 is 0 Å². The predicted octanol–water partition coefficient (Wildman–Crippen LogP) is 3.46. The molecule has 5 heteroatoms. The molecule has 120 valence electrons. The van der Waals surface area contributed by atoms with E-state index in [0.717, 1.165) is 11.1 Å². The summed E-state index contributed by atoms with van der Waals surface area (Å²) in [5.74, 6) is 0.643. The first-order chi connectivity index (χ1) is 11.7. The zero-order valence-electron chi connectivity index (χ0n) is 13.3. The zero-order chi connectivity index (χ0) is 16.8. The van der Waals surface area contributed by atoms with Crippen LogP contribution < -0.4 is 5.32 Å². The van der Waals surface area contributed by atoms with Crippen LogP contribution in [0.4, 0.5) is 0 Å². The molecule has 0 aliphatic rings. The largest absolute Gasteiger partial charge is 0.419 e. The van der Waals surface area contributed by atoms with Crippen molar-refractivity contribution < 1.29 is 9.21 Å². The maximum Gasteiger partial charge on any atom is 0.247 e. The molecule has 2 aromatic carbocycles. The van der Waals surface area contributed by atoms with Crippen LogP contribution in [0.2, 0.25) is 0 Å². The number of nitrogens with zero attached hydrogens (tertiary/aromatic N) is 2. The molecule has 0 radical (unpaired) electrons. The minimum atomic E-state index is -0.168. The van der Waals surface area contributed by atoms with Crippen LogP contribution >= 0.6 is 0 Å². The number of rotatable bonds is 5. The first kappa shape index (κ1) is 15.7. The Hall–Kier alpha value is -3.21. The van der Waals surface area contributed by atoms with Gasteiger partial charge < -0.3 is 9.73 Å². The Morgan fingerprint density at radius 2 is 1.71 bits per heavy atom. The fraction of sp³-hybridized carbons (Fsp3) is 0.105. The zero-order valence-corrected chi connectivity index (χ0v) is 13.3. The number of hydrogen-bond acceptors (Lipinski definition) is 4. The third-order valence-electron chi connectivity index (χ3n) is 3.43. The first-order valence-corrected chi connectivity index (χ1v) is 7.62. The number of carbonyl (C=O) groups is 1. The molecule has 5 nitrogen and oxygen atoms in total. The molecule has 0 bridgehead atoms. The second-order valence-corrected chi connectivity index (χ2v) is 5.29. The van der Waals surface area contributed by atoms with Gasteiger partial charge >= 0.3 is 0 Å². The van der Waals surface area contributed by atoms with Gasteiger partial charge in [0.2, 0.25) is 17.7 Å². The number of nitrogens with one attached hydrogen (secondary N) is 1. The lowest BCUT2D eigenvalue weighted by atomic mass is 10.1. The van der Waals surface area contributed by atoms with E-state index in [9.17, 15) is 4.79 Å². The average Bonchev–Trinajstić information content (AvgIpc) is 3.10. The Labute approximate surface area is 140 Å². The highest BCUT2D eigenvalue weighted by Crippen LogP contribution is 2.16. The van der Waals surface area contributed by atoms with Gasteiger partial charge in [0.15, 0.2) is 0 Å².